The second-order valence-electron chi connectivity index (χ2n) is 9.61. The lowest BCUT2D eigenvalue weighted by Crippen LogP contribution is -2.46. The summed E-state index contributed by atoms with van der Waals surface area (Å²) in [4.78, 5) is 26.9. The minimum absolute atomic E-state index is 0.0598. The van der Waals surface area contributed by atoms with E-state index < -0.39 is 0 Å². The number of nitrogens with one attached hydrogen (secondary N) is 1. The summed E-state index contributed by atoms with van der Waals surface area (Å²) in [6, 6.07) is 17.8. The first-order valence-electron chi connectivity index (χ1n) is 12.0. The molecule has 2 heterocycles. The number of hydrogen-bond donors (Lipinski definition) is 2. The van der Waals surface area contributed by atoms with Crippen LogP contribution in [0.3, 0.4) is 0 Å². The van der Waals surface area contributed by atoms with Crippen molar-refractivity contribution in [1.29, 1.82) is 0 Å². The van der Waals surface area contributed by atoms with Crippen molar-refractivity contribution in [2.45, 2.75) is 63.0 Å². The highest BCUT2D eigenvalue weighted by atomic mass is 35.5. The number of nitrogens with zero attached hydrogens (tertiary/aromatic N) is 1. The quantitative estimate of drug-likeness (QED) is 0.611. The third kappa shape index (κ3) is 6.36. The fourth-order valence-electron chi connectivity index (χ4n) is 5.24. The number of aliphatic hydroxyl groups excluding tert-OH is 1. The van der Waals surface area contributed by atoms with E-state index in [0.29, 0.717) is 50.2 Å². The molecule has 2 aromatic rings. The van der Waals surface area contributed by atoms with Gasteiger partial charge in [-0.3, -0.25) is 9.59 Å². The summed E-state index contributed by atoms with van der Waals surface area (Å²) in [6.07, 6.45) is 4.95. The molecule has 33 heavy (non-hydrogen) atoms. The van der Waals surface area contributed by atoms with E-state index in [1.165, 1.54) is 0 Å². The first-order valence-corrected chi connectivity index (χ1v) is 12.4. The molecule has 2 amide bonds. The number of halogens is 1. The third-order valence-electron chi connectivity index (χ3n) is 7.23. The van der Waals surface area contributed by atoms with Gasteiger partial charge in [-0.1, -0.05) is 54.1 Å². The van der Waals surface area contributed by atoms with Crippen LogP contribution in [0.1, 0.15) is 49.7 Å². The largest absolute Gasteiger partial charge is 0.392 e. The van der Waals surface area contributed by atoms with Gasteiger partial charge < -0.3 is 15.3 Å². The van der Waals surface area contributed by atoms with Crippen LogP contribution in [0.5, 0.6) is 0 Å². The maximum absolute atomic E-state index is 13.0. The summed E-state index contributed by atoms with van der Waals surface area (Å²) in [5.41, 5.74) is 1.89. The number of piperidine rings is 1. The van der Waals surface area contributed by atoms with Gasteiger partial charge in [0.25, 0.3) is 0 Å². The number of carbonyl (C=O) groups is 2. The molecule has 2 aliphatic heterocycles. The molecule has 0 spiro atoms. The second kappa shape index (κ2) is 10.7. The van der Waals surface area contributed by atoms with E-state index in [9.17, 15) is 14.7 Å². The molecule has 6 heteroatoms. The fourth-order valence-corrected chi connectivity index (χ4v) is 5.36. The molecule has 0 aromatic heterocycles. The topological polar surface area (TPSA) is 69.6 Å². The lowest BCUT2D eigenvalue weighted by molar-refractivity contribution is -0.133. The zero-order valence-corrected chi connectivity index (χ0v) is 19.8. The Morgan fingerprint density at radius 1 is 1.09 bits per heavy atom. The Morgan fingerprint density at radius 3 is 2.42 bits per heavy atom. The molecular weight excluding hydrogens is 436 g/mol. The molecule has 0 unspecified atom stereocenters. The fraction of sp³-hybridized carbons (Fsp3) is 0.481. The van der Waals surface area contributed by atoms with Gasteiger partial charge in [0, 0.05) is 36.5 Å². The number of likely N-dealkylation sites (tertiary alicyclic amines) is 1. The zero-order chi connectivity index (χ0) is 23.3. The number of aliphatic hydroxyl groups is 1. The van der Waals surface area contributed by atoms with Crippen molar-refractivity contribution < 1.29 is 14.7 Å². The van der Waals surface area contributed by atoms with E-state index in [2.05, 4.69) is 5.32 Å². The van der Waals surface area contributed by atoms with E-state index >= 15 is 0 Å². The average Bonchev–Trinajstić information content (AvgIpc) is 3.20. The van der Waals surface area contributed by atoms with Crippen molar-refractivity contribution in [2.24, 2.45) is 5.92 Å². The van der Waals surface area contributed by atoms with Crippen molar-refractivity contribution >= 4 is 23.4 Å². The van der Waals surface area contributed by atoms with Crippen LogP contribution in [0.4, 0.5) is 0 Å². The predicted octanol–water partition coefficient (Wildman–Crippen LogP) is 4.15. The highest BCUT2D eigenvalue weighted by molar-refractivity contribution is 6.30. The molecule has 2 aromatic carbocycles. The number of amides is 2. The normalized spacial score (nSPS) is 22.2. The summed E-state index contributed by atoms with van der Waals surface area (Å²) >= 11 is 6.01. The molecular formula is C27H33ClN2O3. The monoisotopic (exact) mass is 468 g/mol. The number of rotatable bonds is 8. The van der Waals surface area contributed by atoms with Gasteiger partial charge >= 0.3 is 0 Å². The van der Waals surface area contributed by atoms with Gasteiger partial charge in [0.15, 0.2) is 0 Å². The molecule has 4 rings (SSSR count). The molecule has 0 bridgehead atoms. The van der Waals surface area contributed by atoms with Crippen LogP contribution in [-0.4, -0.2) is 46.6 Å². The summed E-state index contributed by atoms with van der Waals surface area (Å²) in [7, 11) is 0. The molecule has 2 fully saturated rings. The van der Waals surface area contributed by atoms with Gasteiger partial charge in [-0.15, -0.1) is 0 Å². The third-order valence-corrected chi connectivity index (χ3v) is 7.48. The number of hydrogen-bond acceptors (Lipinski definition) is 3. The predicted molar refractivity (Wildman–Crippen MR) is 130 cm³/mol. The lowest BCUT2D eigenvalue weighted by Gasteiger charge is -2.35. The van der Waals surface area contributed by atoms with E-state index in [1.807, 2.05) is 59.5 Å². The minimum Gasteiger partial charge on any atom is -0.392 e. The van der Waals surface area contributed by atoms with Crippen LogP contribution < -0.4 is 5.32 Å². The maximum atomic E-state index is 13.0. The second-order valence-corrected chi connectivity index (χ2v) is 10.0. The molecule has 2 atom stereocenters. The Hall–Kier alpha value is -2.37. The minimum atomic E-state index is -0.374. The van der Waals surface area contributed by atoms with Crippen LogP contribution >= 0.6 is 11.6 Å². The lowest BCUT2D eigenvalue weighted by atomic mass is 9.84. The molecule has 2 saturated heterocycles. The van der Waals surface area contributed by atoms with Crippen LogP contribution in [0.25, 0.3) is 0 Å². The van der Waals surface area contributed by atoms with Crippen molar-refractivity contribution in [3.63, 3.8) is 0 Å². The van der Waals surface area contributed by atoms with E-state index in [1.54, 1.807) is 0 Å². The van der Waals surface area contributed by atoms with Crippen molar-refractivity contribution in [2.75, 3.05) is 13.1 Å². The maximum Gasteiger partial charge on any atom is 0.222 e. The Balaban J connectivity index is 1.28. The summed E-state index contributed by atoms with van der Waals surface area (Å²) in [5, 5.41) is 14.5. The number of carbonyl (C=O) groups excluding carboxylic acids is 2. The number of benzene rings is 2. The van der Waals surface area contributed by atoms with Crippen molar-refractivity contribution in [1.82, 2.24) is 10.2 Å². The van der Waals surface area contributed by atoms with E-state index in [4.69, 9.17) is 11.6 Å². The molecule has 176 valence electrons. The molecule has 0 aliphatic carbocycles. The van der Waals surface area contributed by atoms with Gasteiger partial charge in [-0.25, -0.2) is 0 Å². The van der Waals surface area contributed by atoms with Crippen molar-refractivity contribution in [3.05, 3.63) is 70.7 Å². The van der Waals surface area contributed by atoms with Gasteiger partial charge in [-0.05, 0) is 67.7 Å². The molecule has 2 N–H and O–H groups in total. The van der Waals surface area contributed by atoms with Crippen molar-refractivity contribution in [3.8, 4) is 0 Å². The highest BCUT2D eigenvalue weighted by Crippen LogP contribution is 2.31. The highest BCUT2D eigenvalue weighted by Gasteiger charge is 2.38. The summed E-state index contributed by atoms with van der Waals surface area (Å²) in [6.45, 7) is 1.37. The summed E-state index contributed by atoms with van der Waals surface area (Å²) < 4.78 is 0. The van der Waals surface area contributed by atoms with Crippen LogP contribution in [0.2, 0.25) is 5.02 Å². The zero-order valence-electron chi connectivity index (χ0n) is 19.0. The Kier molecular flexibility index (Phi) is 7.71. The van der Waals surface area contributed by atoms with E-state index in [-0.39, 0.29) is 29.4 Å². The van der Waals surface area contributed by atoms with Crippen LogP contribution in [0.15, 0.2) is 54.6 Å². The van der Waals surface area contributed by atoms with Gasteiger partial charge in [-0.2, -0.15) is 0 Å². The molecule has 0 saturated carbocycles. The Labute approximate surface area is 201 Å². The Bertz CT molecular complexity index is 942. The van der Waals surface area contributed by atoms with Crippen LogP contribution in [-0.2, 0) is 22.4 Å². The SMILES string of the molecule is O=C1CC[C@](CCC(=O)N2CCC([C@@H](O)Cc3ccccc3)CC2)(Cc2ccc(Cl)cc2)N1. The average molecular weight is 469 g/mol. The van der Waals surface area contributed by atoms with Gasteiger partial charge in [0.05, 0.1) is 6.10 Å². The molecule has 5 nitrogen and oxygen atoms in total. The first-order chi connectivity index (χ1) is 15.9. The standard InChI is InChI=1S/C27H33ClN2O3/c28-23-8-6-21(7-9-23)19-27(14-10-25(32)29-27)15-11-26(33)30-16-12-22(13-17-30)24(31)18-20-4-2-1-3-5-20/h1-9,22,24,31H,10-19H2,(H,29,32)/t24-,27-/m0/s1. The smallest absolute Gasteiger partial charge is 0.222 e. The van der Waals surface area contributed by atoms with E-state index in [0.717, 1.165) is 30.4 Å². The Morgan fingerprint density at radius 2 is 1.79 bits per heavy atom. The summed E-state index contributed by atoms with van der Waals surface area (Å²) in [5.74, 6) is 0.423. The first kappa shape index (κ1) is 23.8. The van der Waals surface area contributed by atoms with Gasteiger partial charge in [0.2, 0.25) is 11.8 Å². The molecule has 0 radical (unpaired) electrons. The van der Waals surface area contributed by atoms with Gasteiger partial charge in [0.1, 0.15) is 0 Å². The van der Waals surface area contributed by atoms with Crippen LogP contribution in [0, 0.1) is 5.92 Å². The molecule has 2 aliphatic rings.